The molecule has 1 N–H and O–H groups in total. The van der Waals surface area contributed by atoms with Crippen molar-refractivity contribution in [3.63, 3.8) is 0 Å². The van der Waals surface area contributed by atoms with Gasteiger partial charge in [0.15, 0.2) is 22.9 Å². The van der Waals surface area contributed by atoms with Crippen LogP contribution in [0.25, 0.3) is 22.3 Å². The molecule has 0 saturated carbocycles. The summed E-state index contributed by atoms with van der Waals surface area (Å²) in [6.07, 6.45) is 10.3. The molecule has 0 aromatic carbocycles. The smallest absolute Gasteiger partial charge is 0.388 e. The Kier molecular flexibility index (Phi) is 7.29. The normalized spacial score (nSPS) is 17.0. The van der Waals surface area contributed by atoms with Crippen LogP contribution in [0.5, 0.6) is 5.88 Å². The molecule has 5 aromatic heterocycles. The number of ether oxygens (including phenoxy) is 3. The van der Waals surface area contributed by atoms with Crippen LogP contribution in [0.1, 0.15) is 25.7 Å². The van der Waals surface area contributed by atoms with Crippen LogP contribution in [0.4, 0.5) is 26.2 Å². The Balaban J connectivity index is 1.28. The van der Waals surface area contributed by atoms with Crippen LogP contribution >= 0.6 is 0 Å². The van der Waals surface area contributed by atoms with Crippen molar-refractivity contribution in [1.29, 1.82) is 0 Å². The number of rotatable bonds is 9. The minimum atomic E-state index is -3.03. The molecule has 7 heterocycles. The third kappa shape index (κ3) is 5.46. The quantitative estimate of drug-likeness (QED) is 0.272. The second-order valence-corrected chi connectivity index (χ2v) is 10.4. The zero-order valence-corrected chi connectivity index (χ0v) is 22.6. The molecule has 2 aliphatic heterocycles. The molecule has 0 bridgehead atoms. The van der Waals surface area contributed by atoms with Gasteiger partial charge in [-0.05, 0) is 37.5 Å². The average molecular weight is 582 g/mol. The zero-order valence-electron chi connectivity index (χ0n) is 22.6. The minimum absolute atomic E-state index is 0.276. The van der Waals surface area contributed by atoms with Gasteiger partial charge < -0.3 is 14.2 Å². The SMILES string of the molecule is FC(F)Oc1cc(N(c2cnc3cnn(CC4CCOCC4)c3n2)c2cnc3cnn(CC4CCOCC4)c3n2)[nH]n1. The monoisotopic (exact) mass is 581 g/mol. The molecule has 5 aromatic rings. The van der Waals surface area contributed by atoms with E-state index in [0.717, 1.165) is 52.1 Å². The van der Waals surface area contributed by atoms with Crippen LogP contribution in [0.15, 0.2) is 30.9 Å². The number of hydrogen-bond acceptors (Lipinski definition) is 11. The number of anilines is 3. The largest absolute Gasteiger partial charge is 0.415 e. The lowest BCUT2D eigenvalue weighted by Crippen LogP contribution is -2.21. The van der Waals surface area contributed by atoms with Gasteiger partial charge in [-0.2, -0.15) is 19.0 Å². The zero-order chi connectivity index (χ0) is 28.5. The summed E-state index contributed by atoms with van der Waals surface area (Å²) in [6.45, 7) is 1.23. The standard InChI is InChI=1S/C26H29F2N11O3/c27-26(28)42-23-9-20(35-36-23)39(21-12-29-18-10-31-37(24(18)33-21)14-16-1-5-40-6-2-16)22-13-30-19-11-32-38(25(19)34-22)15-17-3-7-41-8-4-17/h9-13,16-17,26H,1-8,14-15H2,(H,35,36). The highest BCUT2D eigenvalue weighted by Crippen LogP contribution is 2.34. The molecule has 14 nitrogen and oxygen atoms in total. The van der Waals surface area contributed by atoms with Crippen molar-refractivity contribution in [1.82, 2.24) is 49.7 Å². The summed E-state index contributed by atoms with van der Waals surface area (Å²) in [5.41, 5.74) is 2.44. The fraction of sp³-hybridized carbons (Fsp3) is 0.500. The van der Waals surface area contributed by atoms with E-state index in [4.69, 9.17) is 19.4 Å². The lowest BCUT2D eigenvalue weighted by molar-refractivity contribution is -0.0528. The van der Waals surface area contributed by atoms with Gasteiger partial charge >= 0.3 is 6.61 Å². The number of alkyl halides is 2. The van der Waals surface area contributed by atoms with E-state index >= 15 is 0 Å². The molecule has 0 atom stereocenters. The summed E-state index contributed by atoms with van der Waals surface area (Å²) in [5.74, 6) is 1.57. The molecule has 0 aliphatic carbocycles. The Morgan fingerprint density at radius 1 is 0.833 bits per heavy atom. The van der Waals surface area contributed by atoms with Gasteiger partial charge in [-0.15, -0.1) is 5.10 Å². The molecule has 220 valence electrons. The second-order valence-electron chi connectivity index (χ2n) is 10.4. The van der Waals surface area contributed by atoms with Gasteiger partial charge in [-0.3, -0.25) is 10.00 Å². The van der Waals surface area contributed by atoms with E-state index < -0.39 is 6.61 Å². The molecule has 2 saturated heterocycles. The Morgan fingerprint density at radius 3 is 1.86 bits per heavy atom. The van der Waals surface area contributed by atoms with Gasteiger partial charge in [0.05, 0.1) is 24.8 Å². The molecule has 0 unspecified atom stereocenters. The highest BCUT2D eigenvalue weighted by atomic mass is 19.3. The maximum absolute atomic E-state index is 13.0. The maximum atomic E-state index is 13.0. The first kappa shape index (κ1) is 26.6. The number of H-pyrrole nitrogens is 1. The van der Waals surface area contributed by atoms with Crippen LogP contribution < -0.4 is 9.64 Å². The van der Waals surface area contributed by atoms with Crippen molar-refractivity contribution in [2.45, 2.75) is 45.4 Å². The van der Waals surface area contributed by atoms with Gasteiger partial charge in [0.25, 0.3) is 0 Å². The summed E-state index contributed by atoms with van der Waals surface area (Å²) in [6, 6.07) is 1.35. The van der Waals surface area contributed by atoms with Crippen molar-refractivity contribution in [3.05, 3.63) is 30.9 Å². The van der Waals surface area contributed by atoms with Gasteiger partial charge in [-0.1, -0.05) is 0 Å². The third-order valence-corrected chi connectivity index (χ3v) is 7.66. The molecule has 7 rings (SSSR count). The number of hydrogen-bond donors (Lipinski definition) is 1. The lowest BCUT2D eigenvalue weighted by atomic mass is 10.0. The molecule has 0 amide bonds. The van der Waals surface area contributed by atoms with E-state index in [2.05, 4.69) is 35.1 Å². The predicted octanol–water partition coefficient (Wildman–Crippen LogP) is 3.61. The highest BCUT2D eigenvalue weighted by Gasteiger charge is 2.24. The summed E-state index contributed by atoms with van der Waals surface area (Å²) in [4.78, 5) is 20.6. The third-order valence-electron chi connectivity index (χ3n) is 7.66. The van der Waals surface area contributed by atoms with E-state index in [9.17, 15) is 8.78 Å². The van der Waals surface area contributed by atoms with E-state index in [1.54, 1.807) is 29.7 Å². The van der Waals surface area contributed by atoms with Crippen LogP contribution in [-0.2, 0) is 22.6 Å². The average Bonchev–Trinajstić information content (AvgIpc) is 3.74. The van der Waals surface area contributed by atoms with Crippen LogP contribution in [-0.4, -0.2) is 82.7 Å². The Hall–Kier alpha value is -4.31. The fourth-order valence-electron chi connectivity index (χ4n) is 5.43. The van der Waals surface area contributed by atoms with E-state index in [1.807, 2.05) is 9.36 Å². The Labute approximate surface area is 238 Å². The number of fused-ring (bicyclic) bond motifs is 2. The minimum Gasteiger partial charge on any atom is -0.415 e. The van der Waals surface area contributed by atoms with E-state index in [0.29, 0.717) is 64.7 Å². The number of aromatic nitrogens is 10. The van der Waals surface area contributed by atoms with Gasteiger partial charge in [0, 0.05) is 45.6 Å². The molecule has 2 aliphatic rings. The summed E-state index contributed by atoms with van der Waals surface area (Å²) in [7, 11) is 0. The summed E-state index contributed by atoms with van der Waals surface area (Å²) in [5, 5.41) is 15.7. The van der Waals surface area contributed by atoms with E-state index in [-0.39, 0.29) is 5.88 Å². The first-order chi connectivity index (χ1) is 20.6. The van der Waals surface area contributed by atoms with Crippen LogP contribution in [0, 0.1) is 11.8 Å². The van der Waals surface area contributed by atoms with E-state index in [1.165, 1.54) is 6.07 Å². The first-order valence-electron chi connectivity index (χ1n) is 13.9. The molecular weight excluding hydrogens is 552 g/mol. The molecule has 0 spiro atoms. The van der Waals surface area contributed by atoms with Crippen molar-refractivity contribution in [2.75, 3.05) is 31.3 Å². The Morgan fingerprint density at radius 2 is 1.36 bits per heavy atom. The van der Waals surface area contributed by atoms with Gasteiger partial charge in [-0.25, -0.2) is 29.3 Å². The first-order valence-corrected chi connectivity index (χ1v) is 13.9. The van der Waals surface area contributed by atoms with Gasteiger partial charge in [0.2, 0.25) is 5.88 Å². The summed E-state index contributed by atoms with van der Waals surface area (Å²) < 4.78 is 45.1. The van der Waals surface area contributed by atoms with Crippen molar-refractivity contribution < 1.29 is 23.0 Å². The topological polar surface area (TPSA) is 147 Å². The highest BCUT2D eigenvalue weighted by molar-refractivity contribution is 5.78. The fourth-order valence-corrected chi connectivity index (χ4v) is 5.43. The molecular formula is C26H29F2N11O3. The molecule has 2 fully saturated rings. The second kappa shape index (κ2) is 11.5. The maximum Gasteiger partial charge on any atom is 0.388 e. The van der Waals surface area contributed by atoms with Crippen LogP contribution in [0.3, 0.4) is 0 Å². The number of nitrogens with one attached hydrogen (secondary N) is 1. The molecule has 16 heteroatoms. The van der Waals surface area contributed by atoms with Crippen molar-refractivity contribution >= 4 is 39.8 Å². The Bertz CT molecular complexity index is 1560. The molecule has 42 heavy (non-hydrogen) atoms. The van der Waals surface area contributed by atoms with Crippen molar-refractivity contribution in [3.8, 4) is 5.88 Å². The number of nitrogens with zero attached hydrogens (tertiary/aromatic N) is 10. The lowest BCUT2D eigenvalue weighted by Gasteiger charge is -2.23. The molecule has 0 radical (unpaired) electrons. The summed E-state index contributed by atoms with van der Waals surface area (Å²) >= 11 is 0. The van der Waals surface area contributed by atoms with Crippen molar-refractivity contribution in [2.24, 2.45) is 11.8 Å². The van der Waals surface area contributed by atoms with Gasteiger partial charge in [0.1, 0.15) is 16.9 Å². The number of halogens is 2. The van der Waals surface area contributed by atoms with Crippen LogP contribution in [0.2, 0.25) is 0 Å². The number of aromatic amines is 1. The predicted molar refractivity (Wildman–Crippen MR) is 145 cm³/mol.